The average molecular weight is 391 g/mol. The lowest BCUT2D eigenvalue weighted by molar-refractivity contribution is -0.131. The van der Waals surface area contributed by atoms with Crippen LogP contribution in [0.3, 0.4) is 0 Å². The highest BCUT2D eigenvalue weighted by molar-refractivity contribution is 5.77. The van der Waals surface area contributed by atoms with E-state index in [0.29, 0.717) is 6.54 Å². The molecule has 0 saturated carbocycles. The maximum atomic E-state index is 12.0. The number of amides is 1. The van der Waals surface area contributed by atoms with E-state index in [9.17, 15) is 4.79 Å². The molecule has 5 rings (SSSR count). The minimum Gasteiger partial charge on any atom is -0.364 e. The van der Waals surface area contributed by atoms with Crippen LogP contribution >= 0.6 is 0 Å². The molecule has 29 heavy (non-hydrogen) atoms. The molecule has 1 atom stereocenters. The van der Waals surface area contributed by atoms with Gasteiger partial charge in [0, 0.05) is 42.6 Å². The van der Waals surface area contributed by atoms with E-state index in [2.05, 4.69) is 20.5 Å². The second kappa shape index (κ2) is 6.79. The first-order valence-corrected chi connectivity index (χ1v) is 10.2. The Bertz CT molecular complexity index is 1090. The zero-order valence-electron chi connectivity index (χ0n) is 16.8. The van der Waals surface area contributed by atoms with Crippen molar-refractivity contribution in [3.05, 3.63) is 41.1 Å². The number of likely N-dealkylation sites (tertiary alicyclic amines) is 1. The summed E-state index contributed by atoms with van der Waals surface area (Å²) in [5.74, 6) is 1.82. The quantitative estimate of drug-likeness (QED) is 0.712. The van der Waals surface area contributed by atoms with Gasteiger partial charge >= 0.3 is 0 Å². The molecule has 4 heterocycles. The van der Waals surface area contributed by atoms with Gasteiger partial charge in [0.2, 0.25) is 5.91 Å². The molecule has 1 fully saturated rings. The van der Waals surface area contributed by atoms with E-state index in [1.807, 2.05) is 24.0 Å². The third-order valence-corrected chi connectivity index (χ3v) is 6.34. The molecule has 0 bridgehead atoms. The lowest BCUT2D eigenvalue weighted by atomic mass is 9.77. The van der Waals surface area contributed by atoms with Gasteiger partial charge in [-0.05, 0) is 44.7 Å². The van der Waals surface area contributed by atoms with Gasteiger partial charge in [0.15, 0.2) is 5.65 Å². The van der Waals surface area contributed by atoms with Crippen LogP contribution in [0.25, 0.3) is 11.0 Å². The maximum absolute atomic E-state index is 12.0. The number of fused-ring (bicyclic) bond motifs is 3. The molecular formula is C21H25N7O. The largest absolute Gasteiger partial charge is 0.364 e. The average Bonchev–Trinajstić information content (AvgIpc) is 3.28. The van der Waals surface area contributed by atoms with E-state index in [4.69, 9.17) is 9.97 Å². The van der Waals surface area contributed by atoms with Crippen LogP contribution in [0.4, 0.5) is 5.82 Å². The van der Waals surface area contributed by atoms with Crippen molar-refractivity contribution in [3.63, 3.8) is 0 Å². The van der Waals surface area contributed by atoms with Crippen LogP contribution in [0.2, 0.25) is 0 Å². The first kappa shape index (κ1) is 18.0. The fourth-order valence-electron chi connectivity index (χ4n) is 4.91. The fourth-order valence-corrected chi connectivity index (χ4v) is 4.91. The molecule has 1 amide bonds. The lowest BCUT2D eigenvalue weighted by Crippen LogP contribution is -2.47. The summed E-state index contributed by atoms with van der Waals surface area (Å²) in [5, 5.41) is 11.9. The van der Waals surface area contributed by atoms with Gasteiger partial charge in [-0.1, -0.05) is 0 Å². The Hall–Kier alpha value is -3.03. The Morgan fingerprint density at radius 2 is 2.24 bits per heavy atom. The standard InChI is InChI=1S/C21H25N7O/c1-13-24-18-16(6-8-21(18)7-4-10-28(12-21)14(2)29)19(25-13)23-11-17-15-5-3-9-22-20(15)27-26-17/h3,5,9H,4,6-8,10-12H2,1-2H3,(H,22,26,27)(H,23,24,25). The predicted octanol–water partition coefficient (Wildman–Crippen LogP) is 2.49. The normalized spacial score (nSPS) is 21.0. The molecule has 8 nitrogen and oxygen atoms in total. The molecule has 0 radical (unpaired) electrons. The predicted molar refractivity (Wildman–Crippen MR) is 109 cm³/mol. The molecule has 0 aromatic carbocycles. The first-order valence-electron chi connectivity index (χ1n) is 10.2. The molecule has 1 spiro atoms. The van der Waals surface area contributed by atoms with Crippen molar-refractivity contribution < 1.29 is 4.79 Å². The van der Waals surface area contributed by atoms with Gasteiger partial charge in [-0.25, -0.2) is 15.0 Å². The molecular weight excluding hydrogens is 366 g/mol. The summed E-state index contributed by atoms with van der Waals surface area (Å²) in [7, 11) is 0. The molecule has 8 heteroatoms. The summed E-state index contributed by atoms with van der Waals surface area (Å²) in [6.45, 7) is 5.82. The Balaban J connectivity index is 1.45. The van der Waals surface area contributed by atoms with Crippen molar-refractivity contribution in [2.45, 2.75) is 51.5 Å². The van der Waals surface area contributed by atoms with Gasteiger partial charge in [-0.15, -0.1) is 0 Å². The van der Waals surface area contributed by atoms with Crippen LogP contribution in [-0.2, 0) is 23.2 Å². The molecule has 1 aliphatic carbocycles. The highest BCUT2D eigenvalue weighted by atomic mass is 16.2. The highest BCUT2D eigenvalue weighted by Crippen LogP contribution is 2.45. The Morgan fingerprint density at radius 3 is 3.10 bits per heavy atom. The Labute approximate surface area is 169 Å². The van der Waals surface area contributed by atoms with Gasteiger partial charge < -0.3 is 10.2 Å². The smallest absolute Gasteiger partial charge is 0.219 e. The highest BCUT2D eigenvalue weighted by Gasteiger charge is 2.45. The number of aromatic amines is 1. The van der Waals surface area contributed by atoms with E-state index in [1.54, 1.807) is 13.1 Å². The lowest BCUT2D eigenvalue weighted by Gasteiger charge is -2.40. The summed E-state index contributed by atoms with van der Waals surface area (Å²) < 4.78 is 0. The van der Waals surface area contributed by atoms with Gasteiger partial charge in [-0.2, -0.15) is 5.10 Å². The second-order valence-electron chi connectivity index (χ2n) is 8.20. The zero-order chi connectivity index (χ0) is 20.0. The molecule has 150 valence electrons. The number of aromatic nitrogens is 5. The van der Waals surface area contributed by atoms with Crippen molar-refractivity contribution in [3.8, 4) is 0 Å². The number of rotatable bonds is 3. The van der Waals surface area contributed by atoms with Gasteiger partial charge in [0.05, 0.1) is 17.9 Å². The van der Waals surface area contributed by atoms with E-state index < -0.39 is 0 Å². The summed E-state index contributed by atoms with van der Waals surface area (Å²) in [6.07, 6.45) is 5.81. The number of hydrogen-bond acceptors (Lipinski definition) is 6. The van der Waals surface area contributed by atoms with Crippen LogP contribution in [-0.4, -0.2) is 49.0 Å². The fraction of sp³-hybridized carbons (Fsp3) is 0.476. The Kier molecular flexibility index (Phi) is 4.22. The number of anilines is 1. The van der Waals surface area contributed by atoms with Crippen molar-refractivity contribution in [1.82, 2.24) is 30.0 Å². The van der Waals surface area contributed by atoms with Crippen molar-refractivity contribution in [2.24, 2.45) is 0 Å². The topological polar surface area (TPSA) is 99.7 Å². The minimum atomic E-state index is -0.0337. The number of pyridine rings is 1. The monoisotopic (exact) mass is 391 g/mol. The van der Waals surface area contributed by atoms with E-state index in [0.717, 1.165) is 72.8 Å². The zero-order valence-corrected chi connectivity index (χ0v) is 16.8. The summed E-state index contributed by atoms with van der Waals surface area (Å²) >= 11 is 0. The van der Waals surface area contributed by atoms with Crippen molar-refractivity contribution in [1.29, 1.82) is 0 Å². The van der Waals surface area contributed by atoms with Crippen molar-refractivity contribution in [2.75, 3.05) is 18.4 Å². The number of carbonyl (C=O) groups excluding carboxylic acids is 1. The maximum Gasteiger partial charge on any atom is 0.219 e. The third kappa shape index (κ3) is 3.03. The van der Waals surface area contributed by atoms with Crippen LogP contribution in [0.15, 0.2) is 18.3 Å². The number of hydrogen-bond donors (Lipinski definition) is 2. The second-order valence-corrected chi connectivity index (χ2v) is 8.20. The first-order chi connectivity index (χ1) is 14.1. The van der Waals surface area contributed by atoms with Gasteiger partial charge in [0.1, 0.15) is 11.6 Å². The number of piperidine rings is 1. The van der Waals surface area contributed by atoms with Crippen LogP contribution in [0, 0.1) is 6.92 Å². The molecule has 1 unspecified atom stereocenters. The number of nitrogens with zero attached hydrogens (tertiary/aromatic N) is 5. The molecule has 3 aromatic heterocycles. The molecule has 1 aliphatic heterocycles. The summed E-state index contributed by atoms with van der Waals surface area (Å²) in [4.78, 5) is 27.8. The SMILES string of the molecule is CC(=O)N1CCCC2(CCc3c(NCc4[nH]nc5ncccc45)nc(C)nc32)C1. The minimum absolute atomic E-state index is 0.0337. The van der Waals surface area contributed by atoms with E-state index in [1.165, 1.54) is 5.56 Å². The molecule has 3 aromatic rings. The van der Waals surface area contributed by atoms with E-state index >= 15 is 0 Å². The van der Waals surface area contributed by atoms with Crippen LogP contribution < -0.4 is 5.32 Å². The number of aryl methyl sites for hydroxylation is 1. The molecule has 1 saturated heterocycles. The molecule has 2 N–H and O–H groups in total. The van der Waals surface area contributed by atoms with Gasteiger partial charge in [-0.3, -0.25) is 9.89 Å². The van der Waals surface area contributed by atoms with E-state index in [-0.39, 0.29) is 11.3 Å². The summed E-state index contributed by atoms with van der Waals surface area (Å²) in [6, 6.07) is 3.94. The third-order valence-electron chi connectivity index (χ3n) is 6.34. The van der Waals surface area contributed by atoms with Crippen LogP contribution in [0.1, 0.15) is 49.0 Å². The number of carbonyl (C=O) groups is 1. The summed E-state index contributed by atoms with van der Waals surface area (Å²) in [5.41, 5.74) is 4.01. The van der Waals surface area contributed by atoms with Crippen molar-refractivity contribution >= 4 is 22.8 Å². The van der Waals surface area contributed by atoms with Gasteiger partial charge in [0.25, 0.3) is 0 Å². The number of H-pyrrole nitrogens is 1. The Morgan fingerprint density at radius 1 is 1.34 bits per heavy atom. The number of nitrogens with one attached hydrogen (secondary N) is 2. The van der Waals surface area contributed by atoms with Crippen LogP contribution in [0.5, 0.6) is 0 Å². The molecule has 2 aliphatic rings.